The lowest BCUT2D eigenvalue weighted by molar-refractivity contribution is -0.338. The Hall–Kier alpha value is -0.0500. The van der Waals surface area contributed by atoms with Gasteiger partial charge in [0.05, 0.1) is 13.2 Å². The quantitative estimate of drug-likeness (QED) is 0.229. The Kier molecular flexibility index (Phi) is 6.61. The van der Waals surface area contributed by atoms with E-state index in [1.165, 1.54) is 0 Å². The number of thiol groups is 1. The largest absolute Gasteiger partial charge is 0.394 e. The van der Waals surface area contributed by atoms with E-state index < -0.39 is 73.8 Å². The molecule has 0 amide bonds. The second-order valence-corrected chi connectivity index (χ2v) is 6.04. The van der Waals surface area contributed by atoms with Gasteiger partial charge in [-0.2, -0.15) is 0 Å². The monoisotopic (exact) mass is 358 g/mol. The van der Waals surface area contributed by atoms with Crippen LogP contribution in [0.5, 0.6) is 0 Å². The normalized spacial score (nSPS) is 51.7. The maximum absolute atomic E-state index is 10.1. The fourth-order valence-electron chi connectivity index (χ4n) is 2.57. The summed E-state index contributed by atoms with van der Waals surface area (Å²) in [5, 5.41) is 67.6. The van der Waals surface area contributed by atoms with E-state index in [9.17, 15) is 30.6 Å². The number of hydrogen-bond acceptors (Lipinski definition) is 11. The predicted octanol–water partition coefficient (Wildman–Crippen LogP) is -4.46. The van der Waals surface area contributed by atoms with Gasteiger partial charge < -0.3 is 50.0 Å². The van der Waals surface area contributed by atoms with Gasteiger partial charge in [0.2, 0.25) is 0 Å². The summed E-state index contributed by atoms with van der Waals surface area (Å²) < 4.78 is 15.7. The molecule has 2 heterocycles. The van der Waals surface area contributed by atoms with Crippen LogP contribution in [0.25, 0.3) is 0 Å². The van der Waals surface area contributed by atoms with E-state index in [0.717, 1.165) is 0 Å². The molecule has 0 aromatic rings. The molecule has 0 saturated carbocycles. The molecule has 7 N–H and O–H groups in total. The van der Waals surface area contributed by atoms with Crippen molar-refractivity contribution >= 4 is 12.6 Å². The van der Waals surface area contributed by atoms with E-state index in [1.54, 1.807) is 0 Å². The van der Waals surface area contributed by atoms with E-state index in [4.69, 9.17) is 19.3 Å². The van der Waals surface area contributed by atoms with Crippen LogP contribution in [0.1, 0.15) is 0 Å². The molecule has 2 aliphatic rings. The molecule has 10 atom stereocenters. The number of aliphatic hydroxyl groups is 7. The zero-order chi connectivity index (χ0) is 17.3. The van der Waals surface area contributed by atoms with Crippen molar-refractivity contribution < 1.29 is 50.0 Å². The Labute approximate surface area is 137 Å². The third-order valence-electron chi connectivity index (χ3n) is 3.98. The van der Waals surface area contributed by atoms with Gasteiger partial charge >= 0.3 is 0 Å². The van der Waals surface area contributed by atoms with Crippen molar-refractivity contribution in [3.05, 3.63) is 0 Å². The van der Waals surface area contributed by atoms with E-state index in [2.05, 4.69) is 12.6 Å². The Bertz CT molecular complexity index is 383. The highest BCUT2D eigenvalue weighted by atomic mass is 32.1. The molecule has 10 nitrogen and oxygen atoms in total. The van der Waals surface area contributed by atoms with Crippen LogP contribution in [-0.4, -0.2) is 110 Å². The maximum atomic E-state index is 10.1. The predicted molar refractivity (Wildman–Crippen MR) is 75.4 cm³/mol. The van der Waals surface area contributed by atoms with Crippen LogP contribution in [0.3, 0.4) is 0 Å². The van der Waals surface area contributed by atoms with Crippen molar-refractivity contribution in [2.45, 2.75) is 60.6 Å². The molecule has 23 heavy (non-hydrogen) atoms. The molecule has 5 unspecified atom stereocenters. The Balaban J connectivity index is 2.11. The topological polar surface area (TPSA) is 169 Å². The highest BCUT2D eigenvalue weighted by Crippen LogP contribution is 2.29. The van der Waals surface area contributed by atoms with Gasteiger partial charge in [-0.1, -0.05) is 0 Å². The van der Waals surface area contributed by atoms with Crippen LogP contribution in [-0.2, 0) is 14.2 Å². The van der Waals surface area contributed by atoms with Gasteiger partial charge in [0, 0.05) is 0 Å². The second-order valence-electron chi connectivity index (χ2n) is 5.53. The van der Waals surface area contributed by atoms with E-state index in [-0.39, 0.29) is 0 Å². The third-order valence-corrected chi connectivity index (χ3v) is 4.41. The molecule has 136 valence electrons. The van der Waals surface area contributed by atoms with Crippen molar-refractivity contribution in [1.29, 1.82) is 0 Å². The van der Waals surface area contributed by atoms with Crippen LogP contribution < -0.4 is 0 Å². The molecule has 0 aromatic carbocycles. The number of aliphatic hydroxyl groups excluding tert-OH is 7. The molecule has 2 aliphatic heterocycles. The molecule has 0 bridgehead atoms. The third kappa shape index (κ3) is 3.80. The highest BCUT2D eigenvalue weighted by molar-refractivity contribution is 7.80. The fourth-order valence-corrected chi connectivity index (χ4v) is 2.90. The summed E-state index contributed by atoms with van der Waals surface area (Å²) in [6.45, 7) is -1.21. The molecule has 11 heteroatoms. The van der Waals surface area contributed by atoms with E-state index in [1.807, 2.05) is 0 Å². The lowest BCUT2D eigenvalue weighted by Crippen LogP contribution is -2.63. The Morgan fingerprint density at radius 3 is 1.91 bits per heavy atom. The number of rotatable bonds is 4. The number of ether oxygens (including phenoxy) is 3. The first-order chi connectivity index (χ1) is 10.8. The summed E-state index contributed by atoms with van der Waals surface area (Å²) in [7, 11) is 0. The Morgan fingerprint density at radius 2 is 1.35 bits per heavy atom. The first-order valence-electron chi connectivity index (χ1n) is 7.08. The van der Waals surface area contributed by atoms with Crippen molar-refractivity contribution in [1.82, 2.24) is 0 Å². The van der Waals surface area contributed by atoms with Crippen LogP contribution in [0, 0.1) is 0 Å². The lowest BCUT2D eigenvalue weighted by Gasteiger charge is -2.45. The molecule has 2 saturated heterocycles. The van der Waals surface area contributed by atoms with Gasteiger partial charge in [0.15, 0.2) is 6.29 Å². The van der Waals surface area contributed by atoms with Gasteiger partial charge in [0.25, 0.3) is 0 Å². The Morgan fingerprint density at radius 1 is 0.739 bits per heavy atom. The van der Waals surface area contributed by atoms with Crippen LogP contribution in [0.2, 0.25) is 0 Å². The van der Waals surface area contributed by atoms with Crippen molar-refractivity contribution in [2.75, 3.05) is 13.2 Å². The summed E-state index contributed by atoms with van der Waals surface area (Å²) in [5.74, 6) is 0. The molecule has 0 aliphatic carbocycles. The summed E-state index contributed by atoms with van der Waals surface area (Å²) in [6, 6.07) is 0. The number of hydrogen-bond donors (Lipinski definition) is 8. The smallest absolute Gasteiger partial charge is 0.187 e. The average molecular weight is 358 g/mol. The van der Waals surface area contributed by atoms with Gasteiger partial charge in [-0.15, -0.1) is 12.6 Å². The molecular formula is C12H22O10S. The van der Waals surface area contributed by atoms with E-state index >= 15 is 0 Å². The zero-order valence-corrected chi connectivity index (χ0v) is 12.9. The van der Waals surface area contributed by atoms with Gasteiger partial charge in [0.1, 0.15) is 54.3 Å². The first kappa shape index (κ1) is 19.3. The second kappa shape index (κ2) is 7.89. The molecule has 2 fully saturated rings. The van der Waals surface area contributed by atoms with E-state index in [0.29, 0.717) is 0 Å². The minimum absolute atomic E-state index is 0.567. The summed E-state index contributed by atoms with van der Waals surface area (Å²) in [4.78, 5) is 0. The molecule has 0 radical (unpaired) electrons. The summed E-state index contributed by atoms with van der Waals surface area (Å²) in [6.07, 6.45) is -12.9. The van der Waals surface area contributed by atoms with Crippen LogP contribution in [0.4, 0.5) is 0 Å². The molecular weight excluding hydrogens is 336 g/mol. The van der Waals surface area contributed by atoms with Crippen molar-refractivity contribution in [3.63, 3.8) is 0 Å². The average Bonchev–Trinajstić information content (AvgIpc) is 2.55. The van der Waals surface area contributed by atoms with Crippen molar-refractivity contribution in [3.8, 4) is 0 Å². The molecule has 0 spiro atoms. The zero-order valence-electron chi connectivity index (χ0n) is 12.0. The van der Waals surface area contributed by atoms with Gasteiger partial charge in [-0.25, -0.2) is 0 Å². The SMILES string of the molecule is OCC1O[C@@H](O[C@@H]2C(CO)O[C@@H](S)[C@@H](O)C2O)C(O)C(O)[C@H]1O. The standard InChI is InChI=1S/C12H22O10S/c13-1-3-5(15)6(16)8(18)11(20-3)22-10-4(2-14)21-12(23)9(19)7(10)17/h3-19,23H,1-2H2/t3?,4?,5-,6?,7?,8?,9-,10+,11-,12-/m0/s1. The molecule has 0 aromatic heterocycles. The maximum Gasteiger partial charge on any atom is 0.187 e. The van der Waals surface area contributed by atoms with Crippen LogP contribution >= 0.6 is 12.6 Å². The lowest BCUT2D eigenvalue weighted by atomic mass is 9.97. The van der Waals surface area contributed by atoms with Crippen LogP contribution in [0.15, 0.2) is 0 Å². The highest BCUT2D eigenvalue weighted by Gasteiger charge is 2.49. The fraction of sp³-hybridized carbons (Fsp3) is 1.00. The summed E-state index contributed by atoms with van der Waals surface area (Å²) >= 11 is 3.92. The minimum atomic E-state index is -1.68. The van der Waals surface area contributed by atoms with Gasteiger partial charge in [-0.05, 0) is 0 Å². The summed E-state index contributed by atoms with van der Waals surface area (Å²) in [5.41, 5.74) is -1.04. The van der Waals surface area contributed by atoms with Crippen molar-refractivity contribution in [2.24, 2.45) is 0 Å². The first-order valence-corrected chi connectivity index (χ1v) is 7.60. The van der Waals surface area contributed by atoms with Gasteiger partial charge in [-0.3, -0.25) is 0 Å². The molecule has 2 rings (SSSR count). The minimum Gasteiger partial charge on any atom is -0.394 e.